The Balaban J connectivity index is 2.46. The minimum atomic E-state index is -5.48. The van der Waals surface area contributed by atoms with Crippen LogP contribution in [0.5, 0.6) is 0 Å². The lowest BCUT2D eigenvalue weighted by molar-refractivity contribution is -0.290. The van der Waals surface area contributed by atoms with E-state index in [9.17, 15) is 26.3 Å². The van der Waals surface area contributed by atoms with Gasteiger partial charge in [-0.25, -0.2) is 0 Å². The lowest BCUT2D eigenvalue weighted by Crippen LogP contribution is -2.43. The average Bonchev–Trinajstić information content (AvgIpc) is 2.34. The smallest absolute Gasteiger partial charge is 0.323 e. The molecule has 2 aromatic rings. The summed E-state index contributed by atoms with van der Waals surface area (Å²) in [5, 5.41) is 0.601. The van der Waals surface area contributed by atoms with E-state index in [0.717, 1.165) is 12.1 Å². The fourth-order valence-electron chi connectivity index (χ4n) is 2.08. The number of hydrogen-bond acceptors (Lipinski definition) is 2. The molecule has 0 spiro atoms. The van der Waals surface area contributed by atoms with Crippen molar-refractivity contribution in [2.45, 2.75) is 18.4 Å². The molecule has 21 heavy (non-hydrogen) atoms. The zero-order valence-electron chi connectivity index (χ0n) is 10.4. The van der Waals surface area contributed by atoms with Crippen LogP contribution < -0.4 is 5.73 Å². The molecule has 0 aliphatic heterocycles. The van der Waals surface area contributed by atoms with Gasteiger partial charge in [0.05, 0.1) is 11.6 Å². The van der Waals surface area contributed by atoms with Crippen molar-refractivity contribution in [2.75, 3.05) is 0 Å². The summed E-state index contributed by atoms with van der Waals surface area (Å²) in [7, 11) is 0. The SMILES string of the molecule is NC(c1ccc2cccnc2c1)C(C(F)(F)F)C(F)(F)F. The second-order valence-corrected chi connectivity index (χ2v) is 4.54. The van der Waals surface area contributed by atoms with Gasteiger partial charge in [0.2, 0.25) is 0 Å². The Morgan fingerprint density at radius 3 is 2.14 bits per heavy atom. The summed E-state index contributed by atoms with van der Waals surface area (Å²) in [6.45, 7) is 0. The van der Waals surface area contributed by atoms with Gasteiger partial charge < -0.3 is 5.73 Å². The van der Waals surface area contributed by atoms with E-state index in [0.29, 0.717) is 5.39 Å². The number of rotatable bonds is 2. The number of nitrogens with two attached hydrogens (primary N) is 1. The summed E-state index contributed by atoms with van der Waals surface area (Å²) in [6, 6.07) is 4.69. The van der Waals surface area contributed by atoms with Crippen LogP contribution in [-0.4, -0.2) is 17.3 Å². The number of pyridine rings is 1. The van der Waals surface area contributed by atoms with Crippen LogP contribution in [0.3, 0.4) is 0 Å². The molecule has 0 fully saturated rings. The molecule has 0 amide bonds. The van der Waals surface area contributed by atoms with Crippen molar-refractivity contribution in [1.82, 2.24) is 4.98 Å². The van der Waals surface area contributed by atoms with Crippen molar-refractivity contribution < 1.29 is 26.3 Å². The van der Waals surface area contributed by atoms with E-state index >= 15 is 0 Å². The Kier molecular flexibility index (Phi) is 3.83. The van der Waals surface area contributed by atoms with Crippen LogP contribution in [-0.2, 0) is 0 Å². The molecule has 2 nitrogen and oxygen atoms in total. The largest absolute Gasteiger partial charge is 0.402 e. The number of halogens is 6. The molecule has 114 valence electrons. The minimum absolute atomic E-state index is 0.263. The topological polar surface area (TPSA) is 38.9 Å². The first-order chi connectivity index (χ1) is 9.60. The number of aromatic nitrogens is 1. The normalized spacial score (nSPS) is 14.7. The molecule has 1 atom stereocenters. The van der Waals surface area contributed by atoms with Gasteiger partial charge in [-0.2, -0.15) is 26.3 Å². The van der Waals surface area contributed by atoms with Gasteiger partial charge in [-0.15, -0.1) is 0 Å². The van der Waals surface area contributed by atoms with Crippen molar-refractivity contribution in [1.29, 1.82) is 0 Å². The Morgan fingerprint density at radius 2 is 1.57 bits per heavy atom. The Morgan fingerprint density at radius 1 is 0.952 bits per heavy atom. The van der Waals surface area contributed by atoms with E-state index in [-0.39, 0.29) is 11.1 Å². The first-order valence-electron chi connectivity index (χ1n) is 5.84. The fraction of sp³-hybridized carbons (Fsp3) is 0.308. The first kappa shape index (κ1) is 15.6. The second kappa shape index (κ2) is 5.18. The van der Waals surface area contributed by atoms with E-state index in [2.05, 4.69) is 4.98 Å². The van der Waals surface area contributed by atoms with Crippen molar-refractivity contribution in [2.24, 2.45) is 11.7 Å². The maximum absolute atomic E-state index is 12.7. The van der Waals surface area contributed by atoms with E-state index in [1.165, 1.54) is 12.3 Å². The molecule has 1 aromatic heterocycles. The van der Waals surface area contributed by atoms with Gasteiger partial charge in [-0.1, -0.05) is 18.2 Å². The number of hydrogen-bond donors (Lipinski definition) is 1. The van der Waals surface area contributed by atoms with Crippen molar-refractivity contribution in [3.63, 3.8) is 0 Å². The van der Waals surface area contributed by atoms with Crippen LogP contribution in [0, 0.1) is 5.92 Å². The van der Waals surface area contributed by atoms with Crippen LogP contribution in [0.15, 0.2) is 36.5 Å². The summed E-state index contributed by atoms with van der Waals surface area (Å²) in [6.07, 6.45) is -9.56. The lowest BCUT2D eigenvalue weighted by atomic mass is 9.92. The van der Waals surface area contributed by atoms with Crippen LogP contribution in [0.25, 0.3) is 10.9 Å². The third-order valence-electron chi connectivity index (χ3n) is 3.08. The van der Waals surface area contributed by atoms with Gasteiger partial charge in [-0.3, -0.25) is 4.98 Å². The minimum Gasteiger partial charge on any atom is -0.323 e. The number of fused-ring (bicyclic) bond motifs is 1. The van der Waals surface area contributed by atoms with Gasteiger partial charge in [0.1, 0.15) is 0 Å². The first-order valence-corrected chi connectivity index (χ1v) is 5.84. The molecule has 2 rings (SSSR count). The maximum Gasteiger partial charge on any atom is 0.402 e. The Bertz CT molecular complexity index is 620. The standard InChI is InChI=1S/C13H10F6N2/c14-12(15,16)11(13(17,18)19)10(20)8-4-3-7-2-1-5-21-9(7)6-8/h1-6,10-11H,20H2. The molecular formula is C13H10F6N2. The van der Waals surface area contributed by atoms with Gasteiger partial charge in [0.15, 0.2) is 5.92 Å². The quantitative estimate of drug-likeness (QED) is 0.852. The molecule has 0 saturated heterocycles. The van der Waals surface area contributed by atoms with Crippen molar-refractivity contribution >= 4 is 10.9 Å². The molecule has 1 aromatic carbocycles. The van der Waals surface area contributed by atoms with E-state index in [1.54, 1.807) is 12.1 Å². The van der Waals surface area contributed by atoms with Crippen LogP contribution >= 0.6 is 0 Å². The van der Waals surface area contributed by atoms with E-state index in [4.69, 9.17) is 5.73 Å². The van der Waals surface area contributed by atoms with Crippen LogP contribution in [0.1, 0.15) is 11.6 Å². The molecule has 0 aliphatic carbocycles. The highest BCUT2D eigenvalue weighted by molar-refractivity contribution is 5.79. The predicted octanol–water partition coefficient (Wildman–Crippen LogP) is 3.98. The van der Waals surface area contributed by atoms with E-state index < -0.39 is 24.3 Å². The summed E-state index contributed by atoms with van der Waals surface area (Å²) in [5.74, 6) is -3.62. The third kappa shape index (κ3) is 3.26. The summed E-state index contributed by atoms with van der Waals surface area (Å²) >= 11 is 0. The molecule has 8 heteroatoms. The predicted molar refractivity (Wildman–Crippen MR) is 64.3 cm³/mol. The third-order valence-corrected chi connectivity index (χ3v) is 3.08. The highest BCUT2D eigenvalue weighted by atomic mass is 19.4. The van der Waals surface area contributed by atoms with Gasteiger partial charge in [0.25, 0.3) is 0 Å². The monoisotopic (exact) mass is 308 g/mol. The molecule has 0 aliphatic rings. The van der Waals surface area contributed by atoms with Gasteiger partial charge >= 0.3 is 12.4 Å². The number of benzene rings is 1. The van der Waals surface area contributed by atoms with Crippen LogP contribution in [0.2, 0.25) is 0 Å². The summed E-state index contributed by atoms with van der Waals surface area (Å²) < 4.78 is 75.9. The maximum atomic E-state index is 12.7. The summed E-state index contributed by atoms with van der Waals surface area (Å²) in [5.41, 5.74) is 5.26. The highest BCUT2D eigenvalue weighted by Gasteiger charge is 2.59. The van der Waals surface area contributed by atoms with E-state index in [1.807, 2.05) is 0 Å². The molecular weight excluding hydrogens is 298 g/mol. The molecule has 0 saturated carbocycles. The number of alkyl halides is 6. The lowest BCUT2D eigenvalue weighted by Gasteiger charge is -2.28. The zero-order chi connectivity index (χ0) is 15.8. The number of nitrogens with zero attached hydrogens (tertiary/aromatic N) is 1. The van der Waals surface area contributed by atoms with Crippen LogP contribution in [0.4, 0.5) is 26.3 Å². The molecule has 1 heterocycles. The van der Waals surface area contributed by atoms with Crippen molar-refractivity contribution in [3.8, 4) is 0 Å². The summed E-state index contributed by atoms with van der Waals surface area (Å²) in [4.78, 5) is 3.89. The zero-order valence-corrected chi connectivity index (χ0v) is 10.4. The van der Waals surface area contributed by atoms with Gasteiger partial charge in [-0.05, 0) is 17.7 Å². The Hall–Kier alpha value is -1.83. The average molecular weight is 308 g/mol. The molecule has 2 N–H and O–H groups in total. The Labute approximate surface area is 115 Å². The molecule has 1 unspecified atom stereocenters. The van der Waals surface area contributed by atoms with Crippen molar-refractivity contribution in [3.05, 3.63) is 42.1 Å². The molecule has 0 bridgehead atoms. The fourth-order valence-corrected chi connectivity index (χ4v) is 2.08. The molecule has 0 radical (unpaired) electrons. The van der Waals surface area contributed by atoms with Gasteiger partial charge in [0, 0.05) is 11.6 Å². The second-order valence-electron chi connectivity index (χ2n) is 4.54. The highest BCUT2D eigenvalue weighted by Crippen LogP contribution is 2.45.